The number of carbonyl (C=O) groups is 1. The first-order valence-corrected chi connectivity index (χ1v) is 8.83. The van der Waals surface area contributed by atoms with Crippen molar-refractivity contribution in [2.45, 2.75) is 32.2 Å². The fourth-order valence-corrected chi connectivity index (χ4v) is 3.28. The van der Waals surface area contributed by atoms with Crippen molar-refractivity contribution in [3.63, 3.8) is 0 Å². The van der Waals surface area contributed by atoms with E-state index in [0.717, 1.165) is 22.2 Å². The predicted octanol–water partition coefficient (Wildman–Crippen LogP) is 4.69. The van der Waals surface area contributed by atoms with Crippen LogP contribution < -0.4 is 0 Å². The third-order valence-corrected chi connectivity index (χ3v) is 4.98. The lowest BCUT2D eigenvalue weighted by atomic mass is 10.0. The van der Waals surface area contributed by atoms with Gasteiger partial charge >= 0.3 is 0 Å². The molecule has 2 aromatic carbocycles. The Kier molecular flexibility index (Phi) is 4.00. The molecule has 1 aromatic heterocycles. The van der Waals surface area contributed by atoms with E-state index in [1.807, 2.05) is 49.5 Å². The van der Waals surface area contributed by atoms with Crippen LogP contribution in [0, 0.1) is 6.92 Å². The Morgan fingerprint density at radius 2 is 1.84 bits per heavy atom. The molecule has 1 aliphatic carbocycles. The van der Waals surface area contributed by atoms with Gasteiger partial charge < -0.3 is 4.90 Å². The Hall–Kier alpha value is -2.68. The van der Waals surface area contributed by atoms with Gasteiger partial charge in [-0.1, -0.05) is 42.5 Å². The first-order valence-electron chi connectivity index (χ1n) is 8.83. The zero-order valence-electron chi connectivity index (χ0n) is 14.7. The number of hydrogen-bond donors (Lipinski definition) is 0. The van der Waals surface area contributed by atoms with Crippen LogP contribution in [0.3, 0.4) is 0 Å². The highest BCUT2D eigenvalue weighted by molar-refractivity contribution is 6.06. The number of hydrogen-bond acceptors (Lipinski definition) is 2. The number of amides is 1. The minimum atomic E-state index is 0.0590. The van der Waals surface area contributed by atoms with E-state index in [-0.39, 0.29) is 5.91 Å². The lowest BCUT2D eigenvalue weighted by molar-refractivity contribution is 0.0786. The smallest absolute Gasteiger partial charge is 0.254 e. The Bertz CT molecular complexity index is 944. The Balaban J connectivity index is 1.70. The fourth-order valence-electron chi connectivity index (χ4n) is 3.28. The Morgan fingerprint density at radius 3 is 2.60 bits per heavy atom. The highest BCUT2D eigenvalue weighted by Crippen LogP contribution is 2.40. The summed E-state index contributed by atoms with van der Waals surface area (Å²) in [6.07, 6.45) is 2.36. The number of rotatable bonds is 4. The number of carbonyl (C=O) groups excluding carboxylic acids is 1. The number of aromatic nitrogens is 1. The van der Waals surface area contributed by atoms with E-state index in [1.165, 1.54) is 24.0 Å². The summed E-state index contributed by atoms with van der Waals surface area (Å²) in [5.74, 6) is 0.585. The molecule has 0 saturated heterocycles. The molecule has 25 heavy (non-hydrogen) atoms. The maximum absolute atomic E-state index is 13.2. The van der Waals surface area contributed by atoms with Gasteiger partial charge in [0, 0.05) is 30.6 Å². The van der Waals surface area contributed by atoms with Crippen LogP contribution in [0.5, 0.6) is 0 Å². The van der Waals surface area contributed by atoms with Crippen molar-refractivity contribution in [3.8, 4) is 0 Å². The molecule has 1 amide bonds. The molecule has 0 bridgehead atoms. The first-order chi connectivity index (χ1) is 12.1. The number of para-hydroxylation sites is 1. The number of nitrogens with zero attached hydrogens (tertiary/aromatic N) is 2. The van der Waals surface area contributed by atoms with Crippen LogP contribution in [-0.4, -0.2) is 22.8 Å². The SMILES string of the molecule is Cc1ccccc1CN(C)C(=O)c1cc(C2CC2)nc2ccccc12. The molecule has 1 saturated carbocycles. The number of benzene rings is 2. The maximum Gasteiger partial charge on any atom is 0.254 e. The van der Waals surface area contributed by atoms with Crippen LogP contribution in [-0.2, 0) is 6.54 Å². The molecule has 0 radical (unpaired) electrons. The molecular formula is C22H22N2O. The fraction of sp³-hybridized carbons (Fsp3) is 0.273. The van der Waals surface area contributed by atoms with Crippen molar-refractivity contribution in [3.05, 3.63) is 77.0 Å². The number of aryl methyl sites for hydroxylation is 1. The van der Waals surface area contributed by atoms with Gasteiger partial charge in [-0.2, -0.15) is 0 Å². The summed E-state index contributed by atoms with van der Waals surface area (Å²) in [6, 6.07) is 18.2. The van der Waals surface area contributed by atoms with Crippen LogP contribution in [0.2, 0.25) is 0 Å². The zero-order valence-corrected chi connectivity index (χ0v) is 14.7. The third kappa shape index (κ3) is 3.14. The minimum absolute atomic E-state index is 0.0590. The van der Waals surface area contributed by atoms with Crippen molar-refractivity contribution in [2.75, 3.05) is 7.05 Å². The summed E-state index contributed by atoms with van der Waals surface area (Å²) in [5.41, 5.74) is 5.13. The van der Waals surface area contributed by atoms with Crippen LogP contribution >= 0.6 is 0 Å². The molecule has 0 N–H and O–H groups in total. The molecule has 3 heteroatoms. The normalized spacial score (nSPS) is 13.8. The highest BCUT2D eigenvalue weighted by atomic mass is 16.2. The Labute approximate surface area is 148 Å². The summed E-state index contributed by atoms with van der Waals surface area (Å²) in [6.45, 7) is 2.70. The molecule has 1 aliphatic rings. The van der Waals surface area contributed by atoms with E-state index in [0.29, 0.717) is 12.5 Å². The summed E-state index contributed by atoms with van der Waals surface area (Å²) in [5, 5.41) is 0.938. The first kappa shape index (κ1) is 15.8. The molecule has 3 aromatic rings. The standard InChI is InChI=1S/C22H22N2O/c1-15-7-3-4-8-17(15)14-24(2)22(25)19-13-21(16-11-12-16)23-20-10-6-5-9-18(19)20/h3-10,13,16H,11-12,14H2,1-2H3. The zero-order chi connectivity index (χ0) is 17.4. The summed E-state index contributed by atoms with van der Waals surface area (Å²) in [7, 11) is 1.88. The largest absolute Gasteiger partial charge is 0.337 e. The Morgan fingerprint density at radius 1 is 1.12 bits per heavy atom. The minimum Gasteiger partial charge on any atom is -0.337 e. The topological polar surface area (TPSA) is 33.2 Å². The molecule has 0 unspecified atom stereocenters. The molecular weight excluding hydrogens is 308 g/mol. The summed E-state index contributed by atoms with van der Waals surface area (Å²) < 4.78 is 0. The van der Waals surface area contributed by atoms with Crippen molar-refractivity contribution in [1.29, 1.82) is 0 Å². The lowest BCUT2D eigenvalue weighted by Crippen LogP contribution is -2.27. The van der Waals surface area contributed by atoms with Gasteiger partial charge in [0.05, 0.1) is 11.1 Å². The van der Waals surface area contributed by atoms with Gasteiger partial charge in [-0.25, -0.2) is 0 Å². The molecule has 3 nitrogen and oxygen atoms in total. The third-order valence-electron chi connectivity index (χ3n) is 4.98. The maximum atomic E-state index is 13.2. The van der Waals surface area contributed by atoms with Gasteiger partial charge in [0.2, 0.25) is 0 Å². The van der Waals surface area contributed by atoms with Crippen LogP contribution in [0.25, 0.3) is 10.9 Å². The monoisotopic (exact) mass is 330 g/mol. The highest BCUT2D eigenvalue weighted by Gasteiger charge is 2.27. The van der Waals surface area contributed by atoms with E-state index in [2.05, 4.69) is 19.1 Å². The predicted molar refractivity (Wildman–Crippen MR) is 101 cm³/mol. The van der Waals surface area contributed by atoms with Crippen molar-refractivity contribution in [2.24, 2.45) is 0 Å². The van der Waals surface area contributed by atoms with E-state index in [4.69, 9.17) is 4.98 Å². The molecule has 0 aliphatic heterocycles. The van der Waals surface area contributed by atoms with Crippen molar-refractivity contribution in [1.82, 2.24) is 9.88 Å². The van der Waals surface area contributed by atoms with Crippen LogP contribution in [0.15, 0.2) is 54.6 Å². The molecule has 4 rings (SSSR count). The van der Waals surface area contributed by atoms with Crippen LogP contribution in [0.1, 0.15) is 45.9 Å². The summed E-state index contributed by atoms with van der Waals surface area (Å²) in [4.78, 5) is 19.7. The van der Waals surface area contributed by atoms with Gasteiger partial charge in [0.25, 0.3) is 5.91 Å². The second kappa shape index (κ2) is 6.32. The second-order valence-electron chi connectivity index (χ2n) is 6.97. The molecule has 1 heterocycles. The molecule has 0 atom stereocenters. The number of fused-ring (bicyclic) bond motifs is 1. The van der Waals surface area contributed by atoms with E-state index in [1.54, 1.807) is 4.90 Å². The van der Waals surface area contributed by atoms with Gasteiger partial charge in [0.1, 0.15) is 0 Å². The van der Waals surface area contributed by atoms with E-state index < -0.39 is 0 Å². The lowest BCUT2D eigenvalue weighted by Gasteiger charge is -2.20. The van der Waals surface area contributed by atoms with Gasteiger partial charge in [-0.05, 0) is 43.0 Å². The van der Waals surface area contributed by atoms with E-state index in [9.17, 15) is 4.79 Å². The van der Waals surface area contributed by atoms with E-state index >= 15 is 0 Å². The van der Waals surface area contributed by atoms with Gasteiger partial charge in [-0.3, -0.25) is 9.78 Å². The van der Waals surface area contributed by atoms with Crippen molar-refractivity contribution < 1.29 is 4.79 Å². The molecule has 0 spiro atoms. The summed E-state index contributed by atoms with van der Waals surface area (Å²) >= 11 is 0. The van der Waals surface area contributed by atoms with Crippen molar-refractivity contribution >= 4 is 16.8 Å². The average Bonchev–Trinajstić information content (AvgIpc) is 3.47. The number of pyridine rings is 1. The van der Waals surface area contributed by atoms with Crippen LogP contribution in [0.4, 0.5) is 0 Å². The second-order valence-corrected chi connectivity index (χ2v) is 6.97. The molecule has 126 valence electrons. The molecule has 1 fully saturated rings. The quantitative estimate of drug-likeness (QED) is 0.695. The average molecular weight is 330 g/mol. The van der Waals surface area contributed by atoms with Gasteiger partial charge in [-0.15, -0.1) is 0 Å². The van der Waals surface area contributed by atoms with Gasteiger partial charge in [0.15, 0.2) is 0 Å².